The number of aromatic nitrogens is 2. The summed E-state index contributed by atoms with van der Waals surface area (Å²) in [6.45, 7) is 0. The molecule has 2 aromatic carbocycles. The molecule has 0 bridgehead atoms. The summed E-state index contributed by atoms with van der Waals surface area (Å²) in [4.78, 5) is 0. The van der Waals surface area contributed by atoms with Gasteiger partial charge in [0.25, 0.3) is 0 Å². The number of nitrogens with one attached hydrogen (secondary N) is 1. The topological polar surface area (TPSA) is 74.9 Å². The van der Waals surface area contributed by atoms with Gasteiger partial charge in [0.15, 0.2) is 0 Å². The van der Waals surface area contributed by atoms with Crippen molar-refractivity contribution in [2.24, 2.45) is 0 Å². The molecule has 0 radical (unpaired) electrons. The second-order valence-electron chi connectivity index (χ2n) is 4.02. The molecule has 90 valence electrons. The van der Waals surface area contributed by atoms with E-state index in [1.54, 1.807) is 18.3 Å². The van der Waals surface area contributed by atoms with Crippen molar-refractivity contribution in [3.8, 4) is 16.9 Å². The van der Waals surface area contributed by atoms with Crippen molar-refractivity contribution in [2.75, 3.05) is 5.73 Å². The molecule has 0 saturated heterocycles. The molecule has 18 heavy (non-hydrogen) atoms. The second kappa shape index (κ2) is 3.92. The predicted molar refractivity (Wildman–Crippen MR) is 72.6 cm³/mol. The Hall–Kier alpha value is -2.20. The number of phenolic OH excluding ortho intramolecular Hbond substituents is 1. The Morgan fingerprint density at radius 1 is 1.22 bits per heavy atom. The number of fused-ring (bicyclic) bond motifs is 1. The van der Waals surface area contributed by atoms with E-state index in [1.807, 2.05) is 18.2 Å². The second-order valence-corrected chi connectivity index (χ2v) is 4.46. The Kier molecular flexibility index (Phi) is 2.38. The van der Waals surface area contributed by atoms with E-state index in [0.29, 0.717) is 22.0 Å². The van der Waals surface area contributed by atoms with Crippen LogP contribution in [0, 0.1) is 0 Å². The number of halogens is 1. The number of nitrogens with two attached hydrogens (primary N) is 1. The summed E-state index contributed by atoms with van der Waals surface area (Å²) < 4.78 is 0. The maximum atomic E-state index is 10.0. The predicted octanol–water partition coefficient (Wildman–Crippen LogP) is 3.17. The minimum atomic E-state index is 0.165. The smallest absolute Gasteiger partial charge is 0.126 e. The Bertz CT molecular complexity index is 736. The minimum absolute atomic E-state index is 0.165. The van der Waals surface area contributed by atoms with Crippen LogP contribution in [0.15, 0.2) is 36.5 Å². The summed E-state index contributed by atoms with van der Waals surface area (Å²) in [5.41, 5.74) is 7.15. The van der Waals surface area contributed by atoms with Crippen LogP contribution in [0.5, 0.6) is 5.75 Å². The number of aromatic hydroxyl groups is 1. The van der Waals surface area contributed by atoms with E-state index in [1.165, 1.54) is 0 Å². The van der Waals surface area contributed by atoms with Crippen LogP contribution in [0.25, 0.3) is 21.9 Å². The molecule has 0 unspecified atom stereocenters. The van der Waals surface area contributed by atoms with Gasteiger partial charge in [-0.25, -0.2) is 0 Å². The van der Waals surface area contributed by atoms with Crippen molar-refractivity contribution in [1.82, 2.24) is 10.2 Å². The maximum absolute atomic E-state index is 10.0. The van der Waals surface area contributed by atoms with Crippen LogP contribution < -0.4 is 5.73 Å². The molecule has 1 aromatic heterocycles. The summed E-state index contributed by atoms with van der Waals surface area (Å²) in [7, 11) is 0. The molecule has 0 aliphatic rings. The van der Waals surface area contributed by atoms with Crippen molar-refractivity contribution < 1.29 is 5.11 Å². The van der Waals surface area contributed by atoms with E-state index in [-0.39, 0.29) is 5.75 Å². The SMILES string of the molecule is Nc1[nH]ncc1-c1c(O)ccc2cc(Cl)ccc12. The number of nitrogens with zero attached hydrogens (tertiary/aromatic N) is 1. The average Bonchev–Trinajstić information content (AvgIpc) is 2.76. The van der Waals surface area contributed by atoms with Gasteiger partial charge in [-0.3, -0.25) is 5.10 Å². The number of benzene rings is 2. The van der Waals surface area contributed by atoms with Crippen LogP contribution in [0.1, 0.15) is 0 Å². The van der Waals surface area contributed by atoms with E-state index >= 15 is 0 Å². The summed E-state index contributed by atoms with van der Waals surface area (Å²) in [5, 5.41) is 19.1. The lowest BCUT2D eigenvalue weighted by atomic mass is 9.99. The van der Waals surface area contributed by atoms with Gasteiger partial charge >= 0.3 is 0 Å². The van der Waals surface area contributed by atoms with Gasteiger partial charge in [-0.2, -0.15) is 5.10 Å². The molecular formula is C13H10ClN3O. The number of aromatic amines is 1. The molecular weight excluding hydrogens is 250 g/mol. The Balaban J connectivity index is 2.41. The molecule has 0 aliphatic carbocycles. The first-order valence-corrected chi connectivity index (χ1v) is 5.75. The fraction of sp³-hybridized carbons (Fsp3) is 0. The van der Waals surface area contributed by atoms with E-state index in [4.69, 9.17) is 17.3 Å². The fourth-order valence-electron chi connectivity index (χ4n) is 2.07. The van der Waals surface area contributed by atoms with Crippen LogP contribution in [0.2, 0.25) is 5.02 Å². The van der Waals surface area contributed by atoms with Gasteiger partial charge in [0, 0.05) is 16.1 Å². The number of H-pyrrole nitrogens is 1. The maximum Gasteiger partial charge on any atom is 0.126 e. The highest BCUT2D eigenvalue weighted by molar-refractivity contribution is 6.31. The minimum Gasteiger partial charge on any atom is -0.507 e. The highest BCUT2D eigenvalue weighted by Crippen LogP contribution is 2.38. The monoisotopic (exact) mass is 259 g/mol. The molecule has 4 nitrogen and oxygen atoms in total. The number of nitrogen functional groups attached to an aromatic ring is 1. The molecule has 0 atom stereocenters. The first-order valence-electron chi connectivity index (χ1n) is 5.37. The van der Waals surface area contributed by atoms with Crippen molar-refractivity contribution >= 4 is 28.2 Å². The zero-order valence-corrected chi connectivity index (χ0v) is 10.1. The van der Waals surface area contributed by atoms with Crippen LogP contribution >= 0.6 is 11.6 Å². The first-order chi connectivity index (χ1) is 8.66. The Morgan fingerprint density at radius 3 is 2.78 bits per heavy atom. The van der Waals surface area contributed by atoms with Gasteiger partial charge in [-0.1, -0.05) is 23.7 Å². The van der Waals surface area contributed by atoms with Gasteiger partial charge in [0.2, 0.25) is 0 Å². The number of anilines is 1. The molecule has 4 N–H and O–H groups in total. The molecule has 1 heterocycles. The zero-order valence-electron chi connectivity index (χ0n) is 9.31. The molecule has 5 heteroatoms. The summed E-state index contributed by atoms with van der Waals surface area (Å²) in [5.74, 6) is 0.589. The average molecular weight is 260 g/mol. The molecule has 0 aliphatic heterocycles. The lowest BCUT2D eigenvalue weighted by Gasteiger charge is -2.08. The van der Waals surface area contributed by atoms with Crippen molar-refractivity contribution in [3.63, 3.8) is 0 Å². The van der Waals surface area contributed by atoms with Crippen molar-refractivity contribution in [1.29, 1.82) is 0 Å². The summed E-state index contributed by atoms with van der Waals surface area (Å²) >= 11 is 5.96. The van der Waals surface area contributed by atoms with Crippen molar-refractivity contribution in [3.05, 3.63) is 41.6 Å². The van der Waals surface area contributed by atoms with Gasteiger partial charge in [0.1, 0.15) is 11.6 Å². The number of hydrogen-bond donors (Lipinski definition) is 3. The zero-order chi connectivity index (χ0) is 12.7. The number of rotatable bonds is 1. The van der Waals surface area contributed by atoms with Gasteiger partial charge in [-0.15, -0.1) is 0 Å². The van der Waals surface area contributed by atoms with Crippen LogP contribution in [0.4, 0.5) is 5.82 Å². The van der Waals surface area contributed by atoms with Gasteiger partial charge in [0.05, 0.1) is 6.20 Å². The van der Waals surface area contributed by atoms with E-state index in [2.05, 4.69) is 10.2 Å². The quantitative estimate of drug-likeness (QED) is 0.628. The summed E-state index contributed by atoms with van der Waals surface area (Å²) in [6.07, 6.45) is 1.60. The highest BCUT2D eigenvalue weighted by atomic mass is 35.5. The third kappa shape index (κ3) is 1.58. The fourth-order valence-corrected chi connectivity index (χ4v) is 2.25. The van der Waals surface area contributed by atoms with Crippen LogP contribution in [0.3, 0.4) is 0 Å². The van der Waals surface area contributed by atoms with E-state index < -0.39 is 0 Å². The third-order valence-electron chi connectivity index (χ3n) is 2.90. The normalized spacial score (nSPS) is 10.9. The van der Waals surface area contributed by atoms with Crippen molar-refractivity contribution in [2.45, 2.75) is 0 Å². The van der Waals surface area contributed by atoms with E-state index in [0.717, 1.165) is 10.8 Å². The molecule has 3 aromatic rings. The first kappa shape index (κ1) is 10.9. The lowest BCUT2D eigenvalue weighted by molar-refractivity contribution is 0.478. The highest BCUT2D eigenvalue weighted by Gasteiger charge is 2.13. The number of hydrogen-bond acceptors (Lipinski definition) is 3. The Morgan fingerprint density at radius 2 is 2.06 bits per heavy atom. The van der Waals surface area contributed by atoms with Crippen LogP contribution in [-0.2, 0) is 0 Å². The summed E-state index contributed by atoms with van der Waals surface area (Å²) in [6, 6.07) is 8.93. The standard InChI is InChI=1S/C13H10ClN3O/c14-8-2-3-9-7(5-8)1-4-11(18)12(9)10-6-16-17-13(10)15/h1-6,18H,(H3,15,16,17). The van der Waals surface area contributed by atoms with Gasteiger partial charge < -0.3 is 10.8 Å². The van der Waals surface area contributed by atoms with Gasteiger partial charge in [-0.05, 0) is 29.0 Å². The molecule has 0 spiro atoms. The van der Waals surface area contributed by atoms with Crippen LogP contribution in [-0.4, -0.2) is 15.3 Å². The number of phenols is 1. The lowest BCUT2D eigenvalue weighted by Crippen LogP contribution is -1.89. The van der Waals surface area contributed by atoms with E-state index in [9.17, 15) is 5.11 Å². The Labute approximate surface area is 108 Å². The molecule has 0 amide bonds. The largest absolute Gasteiger partial charge is 0.507 e. The third-order valence-corrected chi connectivity index (χ3v) is 3.13. The molecule has 3 rings (SSSR count). The molecule has 0 saturated carbocycles. The molecule has 0 fully saturated rings.